The number of aromatic nitrogens is 1. The van der Waals surface area contributed by atoms with Gasteiger partial charge in [0.1, 0.15) is 10.8 Å². The van der Waals surface area contributed by atoms with Crippen molar-refractivity contribution in [2.75, 3.05) is 19.6 Å². The average Bonchev–Trinajstić information content (AvgIpc) is 2.37. The van der Waals surface area contributed by atoms with Gasteiger partial charge in [0.25, 0.3) is 0 Å². The molecule has 1 unspecified atom stereocenters. The number of rotatable bonds is 1. The molecule has 1 aromatic heterocycles. The topological polar surface area (TPSA) is 54.5 Å². The normalized spacial score (nSPS) is 19.5. The summed E-state index contributed by atoms with van der Waals surface area (Å²) in [5.74, 6) is 0. The summed E-state index contributed by atoms with van der Waals surface area (Å²) in [6.07, 6.45) is 1.26. The van der Waals surface area contributed by atoms with Crippen LogP contribution in [0.5, 0.6) is 0 Å². The average molecular weight is 332 g/mol. The van der Waals surface area contributed by atoms with Gasteiger partial charge >= 0.3 is 6.09 Å². The van der Waals surface area contributed by atoms with Crippen molar-refractivity contribution in [3.63, 3.8) is 0 Å². The molecule has 1 fully saturated rings. The zero-order valence-corrected chi connectivity index (χ0v) is 13.8. The molecule has 1 amide bonds. The number of ether oxygens (including phenoxy) is 1. The van der Waals surface area contributed by atoms with E-state index in [-0.39, 0.29) is 12.1 Å². The molecule has 1 aliphatic heterocycles. The first kappa shape index (κ1) is 16.3. The van der Waals surface area contributed by atoms with Crippen molar-refractivity contribution in [2.24, 2.45) is 0 Å². The summed E-state index contributed by atoms with van der Waals surface area (Å²) >= 11 is 12.1. The van der Waals surface area contributed by atoms with Crippen molar-refractivity contribution < 1.29 is 9.53 Å². The Bertz CT molecular complexity index is 531. The Balaban J connectivity index is 2.24. The Morgan fingerprint density at radius 3 is 2.81 bits per heavy atom. The lowest BCUT2D eigenvalue weighted by Crippen LogP contribution is -2.50. The van der Waals surface area contributed by atoms with Crippen LogP contribution in [0.1, 0.15) is 32.4 Å². The molecule has 1 aromatic rings. The van der Waals surface area contributed by atoms with E-state index in [1.807, 2.05) is 20.8 Å². The van der Waals surface area contributed by atoms with Crippen LogP contribution >= 0.6 is 23.2 Å². The predicted molar refractivity (Wildman–Crippen MR) is 82.8 cm³/mol. The van der Waals surface area contributed by atoms with Gasteiger partial charge < -0.3 is 10.1 Å². The summed E-state index contributed by atoms with van der Waals surface area (Å²) in [5.41, 5.74) is 0.230. The van der Waals surface area contributed by atoms with E-state index in [1.165, 1.54) is 0 Å². The Hall–Kier alpha value is -1.04. The first-order valence-electron chi connectivity index (χ1n) is 6.79. The molecule has 2 rings (SSSR count). The third kappa shape index (κ3) is 4.22. The van der Waals surface area contributed by atoms with Crippen LogP contribution in [0.3, 0.4) is 0 Å². The fourth-order valence-corrected chi connectivity index (χ4v) is 2.68. The van der Waals surface area contributed by atoms with Gasteiger partial charge in [-0.3, -0.25) is 4.90 Å². The van der Waals surface area contributed by atoms with E-state index in [2.05, 4.69) is 10.3 Å². The van der Waals surface area contributed by atoms with E-state index in [4.69, 9.17) is 27.9 Å². The van der Waals surface area contributed by atoms with Gasteiger partial charge in [0.2, 0.25) is 0 Å². The molecule has 5 nitrogen and oxygen atoms in total. The van der Waals surface area contributed by atoms with Crippen LogP contribution in [0.2, 0.25) is 10.2 Å². The van der Waals surface area contributed by atoms with E-state index < -0.39 is 5.60 Å². The maximum atomic E-state index is 12.4. The molecule has 0 spiro atoms. The zero-order chi connectivity index (χ0) is 15.6. The molecule has 116 valence electrons. The zero-order valence-electron chi connectivity index (χ0n) is 12.3. The lowest BCUT2D eigenvalue weighted by atomic mass is 10.1. The summed E-state index contributed by atoms with van der Waals surface area (Å²) in [5, 5.41) is 4.08. The largest absolute Gasteiger partial charge is 0.444 e. The molecule has 0 aromatic carbocycles. The second-order valence-corrected chi connectivity index (χ2v) is 6.72. The van der Waals surface area contributed by atoms with Gasteiger partial charge in [-0.05, 0) is 26.8 Å². The van der Waals surface area contributed by atoms with Gasteiger partial charge in [0.15, 0.2) is 0 Å². The number of hydrogen-bond donors (Lipinski definition) is 1. The van der Waals surface area contributed by atoms with Crippen LogP contribution in [-0.2, 0) is 4.74 Å². The number of piperazine rings is 1. The molecule has 0 radical (unpaired) electrons. The minimum Gasteiger partial charge on any atom is -0.444 e. The molecule has 1 atom stereocenters. The molecule has 1 aliphatic rings. The van der Waals surface area contributed by atoms with Crippen LogP contribution in [0.15, 0.2) is 12.3 Å². The summed E-state index contributed by atoms with van der Waals surface area (Å²) in [4.78, 5) is 18.1. The number of amides is 1. The van der Waals surface area contributed by atoms with Crippen LogP contribution in [0, 0.1) is 0 Å². The number of nitrogens with zero attached hydrogens (tertiary/aromatic N) is 2. The van der Waals surface area contributed by atoms with E-state index in [9.17, 15) is 4.79 Å². The highest BCUT2D eigenvalue weighted by Gasteiger charge is 2.32. The van der Waals surface area contributed by atoms with Crippen molar-refractivity contribution in [3.05, 3.63) is 28.0 Å². The van der Waals surface area contributed by atoms with Gasteiger partial charge in [-0.25, -0.2) is 9.78 Å². The van der Waals surface area contributed by atoms with Crippen molar-refractivity contribution >= 4 is 29.3 Å². The minimum absolute atomic E-state index is 0.217. The fraction of sp³-hybridized carbons (Fsp3) is 0.571. The van der Waals surface area contributed by atoms with Crippen molar-refractivity contribution in [1.82, 2.24) is 15.2 Å². The molecule has 0 saturated carbocycles. The number of halogens is 2. The van der Waals surface area contributed by atoms with Gasteiger partial charge in [-0.15, -0.1) is 0 Å². The summed E-state index contributed by atoms with van der Waals surface area (Å²) < 4.78 is 5.46. The Morgan fingerprint density at radius 1 is 1.48 bits per heavy atom. The van der Waals surface area contributed by atoms with Crippen molar-refractivity contribution in [2.45, 2.75) is 32.4 Å². The standard InChI is InChI=1S/C14H19Cl2N3O2/c1-14(2,3)21-13(20)19-5-4-17-8-11(19)9-7-18-12(16)6-10(9)15/h6-7,11,17H,4-5,8H2,1-3H3. The Kier molecular flexibility index (Phi) is 4.96. The number of pyridine rings is 1. The smallest absolute Gasteiger partial charge is 0.410 e. The molecule has 0 aliphatic carbocycles. The van der Waals surface area contributed by atoms with Gasteiger partial charge in [-0.2, -0.15) is 0 Å². The molecular weight excluding hydrogens is 313 g/mol. The molecule has 2 heterocycles. The third-order valence-corrected chi connectivity index (χ3v) is 3.61. The molecule has 1 N–H and O–H groups in total. The minimum atomic E-state index is -0.533. The second-order valence-electron chi connectivity index (χ2n) is 5.92. The molecule has 0 bridgehead atoms. The van der Waals surface area contributed by atoms with Gasteiger partial charge in [-0.1, -0.05) is 23.2 Å². The van der Waals surface area contributed by atoms with E-state index >= 15 is 0 Å². The highest BCUT2D eigenvalue weighted by Crippen LogP contribution is 2.30. The quantitative estimate of drug-likeness (QED) is 0.802. The van der Waals surface area contributed by atoms with Gasteiger partial charge in [0, 0.05) is 31.4 Å². The molecule has 1 saturated heterocycles. The predicted octanol–water partition coefficient (Wildman–Crippen LogP) is 3.27. The summed E-state index contributed by atoms with van der Waals surface area (Å²) in [6.45, 7) is 7.41. The monoisotopic (exact) mass is 331 g/mol. The molecule has 7 heteroatoms. The molecular formula is C14H19Cl2N3O2. The van der Waals surface area contributed by atoms with Crippen LogP contribution < -0.4 is 5.32 Å². The first-order valence-corrected chi connectivity index (χ1v) is 7.55. The summed E-state index contributed by atoms with van der Waals surface area (Å²) in [6, 6.07) is 1.37. The Labute approximate surface area is 134 Å². The number of hydrogen-bond acceptors (Lipinski definition) is 4. The van der Waals surface area contributed by atoms with Crippen LogP contribution in [0.25, 0.3) is 0 Å². The highest BCUT2D eigenvalue weighted by molar-refractivity contribution is 6.34. The third-order valence-electron chi connectivity index (χ3n) is 3.08. The number of carbonyl (C=O) groups is 1. The van der Waals surface area contributed by atoms with Gasteiger partial charge in [0.05, 0.1) is 11.1 Å². The van der Waals surface area contributed by atoms with E-state index in [1.54, 1.807) is 17.2 Å². The van der Waals surface area contributed by atoms with Crippen molar-refractivity contribution in [3.8, 4) is 0 Å². The summed E-state index contributed by atoms with van der Waals surface area (Å²) in [7, 11) is 0. The van der Waals surface area contributed by atoms with Crippen LogP contribution in [0.4, 0.5) is 4.79 Å². The number of carbonyl (C=O) groups excluding carboxylic acids is 1. The fourth-order valence-electron chi connectivity index (χ4n) is 2.18. The maximum absolute atomic E-state index is 12.4. The van der Waals surface area contributed by atoms with E-state index in [0.717, 1.165) is 5.56 Å². The SMILES string of the molecule is CC(C)(C)OC(=O)N1CCNCC1c1cnc(Cl)cc1Cl. The first-order chi connectivity index (χ1) is 9.78. The Morgan fingerprint density at radius 2 is 2.19 bits per heavy atom. The van der Waals surface area contributed by atoms with Crippen molar-refractivity contribution in [1.29, 1.82) is 0 Å². The van der Waals surface area contributed by atoms with E-state index in [0.29, 0.717) is 29.8 Å². The molecule has 21 heavy (non-hydrogen) atoms. The maximum Gasteiger partial charge on any atom is 0.410 e. The lowest BCUT2D eigenvalue weighted by molar-refractivity contribution is 0.0118. The number of nitrogens with one attached hydrogen (secondary N) is 1. The lowest BCUT2D eigenvalue weighted by Gasteiger charge is -2.37. The highest BCUT2D eigenvalue weighted by atomic mass is 35.5. The van der Waals surface area contributed by atoms with Crippen LogP contribution in [-0.4, -0.2) is 41.2 Å². The second kappa shape index (κ2) is 6.38.